The zero-order chi connectivity index (χ0) is 13.2. The second-order valence-electron chi connectivity index (χ2n) is 5.47. The lowest BCUT2D eigenvalue weighted by molar-refractivity contribution is 0.0685. The molecule has 1 amide bonds. The first-order chi connectivity index (χ1) is 9.29. The van der Waals surface area contributed by atoms with Crippen molar-refractivity contribution in [3.8, 4) is 0 Å². The van der Waals surface area contributed by atoms with Crippen LogP contribution in [0.4, 0.5) is 5.13 Å². The predicted octanol–water partition coefficient (Wildman–Crippen LogP) is 2.98. The molecule has 0 spiro atoms. The molecule has 2 atom stereocenters. The van der Waals surface area contributed by atoms with Crippen LogP contribution in [0.5, 0.6) is 0 Å². The smallest absolute Gasteiger partial charge is 0.273 e. The number of thiazole rings is 1. The molecule has 1 aliphatic carbocycles. The Bertz CT molecular complexity index is 459. The highest BCUT2D eigenvalue weighted by atomic mass is 32.1. The summed E-state index contributed by atoms with van der Waals surface area (Å²) in [6.45, 7) is 3.80. The number of likely N-dealkylation sites (tertiary alicyclic amines) is 1. The molecule has 104 valence electrons. The lowest BCUT2D eigenvalue weighted by atomic mass is 9.85. The number of rotatable bonds is 3. The molecule has 0 bridgehead atoms. The zero-order valence-electron chi connectivity index (χ0n) is 11.4. The first-order valence-corrected chi connectivity index (χ1v) is 8.18. The first kappa shape index (κ1) is 12.9. The van der Waals surface area contributed by atoms with E-state index >= 15 is 0 Å². The summed E-state index contributed by atoms with van der Waals surface area (Å²) in [5.74, 6) is 0.874. The van der Waals surface area contributed by atoms with Crippen molar-refractivity contribution in [2.24, 2.45) is 5.92 Å². The van der Waals surface area contributed by atoms with Gasteiger partial charge in [0.25, 0.3) is 5.91 Å². The van der Waals surface area contributed by atoms with Crippen molar-refractivity contribution in [3.63, 3.8) is 0 Å². The Morgan fingerprint density at radius 3 is 3.16 bits per heavy atom. The molecule has 2 heterocycles. The van der Waals surface area contributed by atoms with Crippen molar-refractivity contribution < 1.29 is 4.79 Å². The summed E-state index contributed by atoms with van der Waals surface area (Å²) in [5, 5.41) is 5.90. The van der Waals surface area contributed by atoms with Gasteiger partial charge in [0.1, 0.15) is 5.69 Å². The second-order valence-corrected chi connectivity index (χ2v) is 6.33. The molecule has 4 nitrogen and oxygen atoms in total. The van der Waals surface area contributed by atoms with Gasteiger partial charge in [-0.3, -0.25) is 4.79 Å². The van der Waals surface area contributed by atoms with Gasteiger partial charge in [-0.2, -0.15) is 0 Å². The number of nitrogens with one attached hydrogen (secondary N) is 1. The van der Waals surface area contributed by atoms with E-state index in [2.05, 4.69) is 15.2 Å². The van der Waals surface area contributed by atoms with E-state index in [0.29, 0.717) is 11.7 Å². The van der Waals surface area contributed by atoms with Crippen molar-refractivity contribution in [1.29, 1.82) is 0 Å². The average molecular weight is 279 g/mol. The molecule has 2 aliphatic rings. The zero-order valence-corrected chi connectivity index (χ0v) is 12.2. The minimum Gasteiger partial charge on any atom is -0.362 e. The van der Waals surface area contributed by atoms with Crippen LogP contribution >= 0.6 is 11.3 Å². The average Bonchev–Trinajstić information content (AvgIpc) is 3.05. The standard InChI is InChI=1S/C14H21N3OS/c1-2-15-14-16-11(9-19-14)13(18)17-8-7-10-5-3-4-6-12(10)17/h9-10,12H,2-8H2,1H3,(H,15,16)/t10-,12-/m0/s1. The maximum absolute atomic E-state index is 12.6. The highest BCUT2D eigenvalue weighted by molar-refractivity contribution is 7.13. The Hall–Kier alpha value is -1.10. The number of hydrogen-bond donors (Lipinski definition) is 1. The van der Waals surface area contributed by atoms with E-state index in [0.717, 1.165) is 24.1 Å². The van der Waals surface area contributed by atoms with E-state index in [1.807, 2.05) is 12.3 Å². The summed E-state index contributed by atoms with van der Waals surface area (Å²) in [7, 11) is 0. The normalized spacial score (nSPS) is 26.3. The molecule has 0 aromatic carbocycles. The number of nitrogens with zero attached hydrogens (tertiary/aromatic N) is 2. The molecule has 1 N–H and O–H groups in total. The number of carbonyl (C=O) groups excluding carboxylic acids is 1. The number of hydrogen-bond acceptors (Lipinski definition) is 4. The van der Waals surface area contributed by atoms with Crippen LogP contribution in [0.2, 0.25) is 0 Å². The molecule has 0 unspecified atom stereocenters. The predicted molar refractivity (Wildman–Crippen MR) is 77.7 cm³/mol. The van der Waals surface area contributed by atoms with Crippen molar-refractivity contribution in [2.75, 3.05) is 18.4 Å². The fourth-order valence-corrected chi connectivity index (χ4v) is 4.17. The molecule has 1 aliphatic heterocycles. The summed E-state index contributed by atoms with van der Waals surface area (Å²) < 4.78 is 0. The molecule has 1 saturated carbocycles. The molecule has 3 rings (SSSR count). The summed E-state index contributed by atoms with van der Waals surface area (Å²) in [6.07, 6.45) is 6.27. The molecule has 0 radical (unpaired) electrons. The van der Waals surface area contributed by atoms with Crippen LogP contribution in [-0.4, -0.2) is 34.9 Å². The van der Waals surface area contributed by atoms with Gasteiger partial charge in [-0.1, -0.05) is 12.8 Å². The Balaban J connectivity index is 1.72. The van der Waals surface area contributed by atoms with E-state index in [9.17, 15) is 4.79 Å². The van der Waals surface area contributed by atoms with E-state index < -0.39 is 0 Å². The van der Waals surface area contributed by atoms with E-state index in [1.165, 1.54) is 43.4 Å². The largest absolute Gasteiger partial charge is 0.362 e. The molecule has 5 heteroatoms. The van der Waals surface area contributed by atoms with Crippen LogP contribution in [0.3, 0.4) is 0 Å². The minimum atomic E-state index is 0.134. The van der Waals surface area contributed by atoms with Gasteiger partial charge in [0.05, 0.1) is 0 Å². The maximum Gasteiger partial charge on any atom is 0.273 e. The molecule has 1 saturated heterocycles. The Morgan fingerprint density at radius 2 is 2.32 bits per heavy atom. The van der Waals surface area contributed by atoms with Crippen molar-refractivity contribution in [1.82, 2.24) is 9.88 Å². The first-order valence-electron chi connectivity index (χ1n) is 7.30. The third kappa shape index (κ3) is 2.48. The van der Waals surface area contributed by atoms with Crippen LogP contribution in [0.1, 0.15) is 49.5 Å². The van der Waals surface area contributed by atoms with Crippen LogP contribution in [-0.2, 0) is 0 Å². The number of carbonyl (C=O) groups is 1. The van der Waals surface area contributed by atoms with Crippen molar-refractivity contribution >= 4 is 22.4 Å². The maximum atomic E-state index is 12.6. The summed E-state index contributed by atoms with van der Waals surface area (Å²) in [5.41, 5.74) is 0.618. The monoisotopic (exact) mass is 279 g/mol. The Morgan fingerprint density at radius 1 is 1.47 bits per heavy atom. The number of anilines is 1. The molecule has 1 aromatic heterocycles. The van der Waals surface area contributed by atoms with Crippen molar-refractivity contribution in [3.05, 3.63) is 11.1 Å². The van der Waals surface area contributed by atoms with Crippen LogP contribution < -0.4 is 5.32 Å². The van der Waals surface area contributed by atoms with Gasteiger partial charge < -0.3 is 10.2 Å². The van der Waals surface area contributed by atoms with Gasteiger partial charge in [-0.05, 0) is 32.1 Å². The van der Waals surface area contributed by atoms with E-state index in [1.54, 1.807) is 0 Å². The van der Waals surface area contributed by atoms with Crippen LogP contribution in [0, 0.1) is 5.92 Å². The van der Waals surface area contributed by atoms with Gasteiger partial charge in [-0.25, -0.2) is 4.98 Å². The molecular weight excluding hydrogens is 258 g/mol. The number of amides is 1. The van der Waals surface area contributed by atoms with Crippen LogP contribution in [0.15, 0.2) is 5.38 Å². The minimum absolute atomic E-state index is 0.134. The lowest BCUT2D eigenvalue weighted by Crippen LogP contribution is -2.39. The Kier molecular flexibility index (Phi) is 3.73. The second kappa shape index (κ2) is 5.49. The van der Waals surface area contributed by atoms with E-state index in [-0.39, 0.29) is 5.91 Å². The molecular formula is C14H21N3OS. The topological polar surface area (TPSA) is 45.2 Å². The quantitative estimate of drug-likeness (QED) is 0.925. The van der Waals surface area contributed by atoms with Crippen molar-refractivity contribution in [2.45, 2.75) is 45.1 Å². The lowest BCUT2D eigenvalue weighted by Gasteiger charge is -2.31. The third-order valence-corrected chi connectivity index (χ3v) is 5.12. The van der Waals surface area contributed by atoms with Gasteiger partial charge in [0, 0.05) is 24.5 Å². The fourth-order valence-electron chi connectivity index (χ4n) is 3.41. The Labute approximate surface area is 118 Å². The van der Waals surface area contributed by atoms with Crippen LogP contribution in [0.25, 0.3) is 0 Å². The summed E-state index contributed by atoms with van der Waals surface area (Å²) >= 11 is 1.52. The highest BCUT2D eigenvalue weighted by Gasteiger charge is 2.38. The number of aromatic nitrogens is 1. The van der Waals surface area contributed by atoms with Gasteiger partial charge in [-0.15, -0.1) is 11.3 Å². The van der Waals surface area contributed by atoms with E-state index in [4.69, 9.17) is 0 Å². The van der Waals surface area contributed by atoms with Gasteiger partial charge in [0.15, 0.2) is 5.13 Å². The molecule has 1 aromatic rings. The van der Waals surface area contributed by atoms with Gasteiger partial charge in [0.2, 0.25) is 0 Å². The summed E-state index contributed by atoms with van der Waals surface area (Å²) in [4.78, 5) is 19.0. The highest BCUT2D eigenvalue weighted by Crippen LogP contribution is 2.37. The fraction of sp³-hybridized carbons (Fsp3) is 0.714. The number of fused-ring (bicyclic) bond motifs is 1. The molecule has 2 fully saturated rings. The third-order valence-electron chi connectivity index (χ3n) is 4.32. The molecule has 19 heavy (non-hydrogen) atoms. The van der Waals surface area contributed by atoms with Gasteiger partial charge >= 0.3 is 0 Å². The summed E-state index contributed by atoms with van der Waals surface area (Å²) in [6, 6.07) is 0.477. The SMILES string of the molecule is CCNc1nc(C(=O)N2CC[C@@H]3CCCC[C@@H]32)cs1.